The van der Waals surface area contributed by atoms with E-state index in [1.54, 1.807) is 12.2 Å². The number of benzene rings is 1. The molecule has 0 aliphatic heterocycles. The van der Waals surface area contributed by atoms with Crippen molar-refractivity contribution in [2.45, 2.75) is 32.7 Å². The maximum Gasteiger partial charge on any atom is 0.246 e. The van der Waals surface area contributed by atoms with Crippen LogP contribution in [0.15, 0.2) is 53.0 Å². The van der Waals surface area contributed by atoms with E-state index < -0.39 is 0 Å². The van der Waals surface area contributed by atoms with Crippen molar-refractivity contribution in [3.63, 3.8) is 0 Å². The normalized spacial score (nSPS) is 14.8. The molecule has 0 radical (unpaired) electrons. The summed E-state index contributed by atoms with van der Waals surface area (Å²) in [5.41, 5.74) is 1.17. The molecule has 2 aromatic rings. The molecule has 1 aromatic carbocycles. The van der Waals surface area contributed by atoms with E-state index in [9.17, 15) is 4.79 Å². The first-order valence-corrected chi connectivity index (χ1v) is 8.28. The van der Waals surface area contributed by atoms with Crippen molar-refractivity contribution in [2.75, 3.05) is 6.54 Å². The Labute approximate surface area is 137 Å². The minimum atomic E-state index is 0.0507. The van der Waals surface area contributed by atoms with Gasteiger partial charge >= 0.3 is 0 Å². The Morgan fingerprint density at radius 1 is 1.22 bits per heavy atom. The Morgan fingerprint density at radius 3 is 2.61 bits per heavy atom. The summed E-state index contributed by atoms with van der Waals surface area (Å²) in [5, 5.41) is 0. The van der Waals surface area contributed by atoms with Crippen LogP contribution < -0.4 is 0 Å². The molecule has 1 fully saturated rings. The summed E-state index contributed by atoms with van der Waals surface area (Å²) in [6.45, 7) is 3.41. The first-order chi connectivity index (χ1) is 11.2. The number of nitrogens with zero attached hydrogens (tertiary/aromatic N) is 1. The van der Waals surface area contributed by atoms with Crippen LogP contribution in [0.3, 0.4) is 0 Å². The average Bonchev–Trinajstić information content (AvgIpc) is 2.94. The molecule has 0 spiro atoms. The largest absolute Gasteiger partial charge is 0.462 e. The van der Waals surface area contributed by atoms with Crippen LogP contribution in [0.1, 0.15) is 36.3 Å². The molecule has 0 saturated heterocycles. The molecular weight excluding hydrogens is 286 g/mol. The van der Waals surface area contributed by atoms with E-state index in [0.29, 0.717) is 12.5 Å². The predicted octanol–water partition coefficient (Wildman–Crippen LogP) is 4.43. The Balaban J connectivity index is 1.68. The Bertz CT molecular complexity index is 668. The van der Waals surface area contributed by atoms with Crippen LogP contribution in [0, 0.1) is 12.8 Å². The van der Waals surface area contributed by atoms with E-state index in [1.807, 2.05) is 42.2 Å². The maximum absolute atomic E-state index is 12.6. The molecule has 0 atom stereocenters. The monoisotopic (exact) mass is 309 g/mol. The number of carbonyl (C=O) groups is 1. The summed E-state index contributed by atoms with van der Waals surface area (Å²) in [6, 6.07) is 14.0. The van der Waals surface area contributed by atoms with Crippen molar-refractivity contribution < 1.29 is 9.21 Å². The summed E-state index contributed by atoms with van der Waals surface area (Å²) in [4.78, 5) is 14.6. The molecule has 3 nitrogen and oxygen atoms in total. The number of furan rings is 1. The van der Waals surface area contributed by atoms with Crippen LogP contribution in [0.2, 0.25) is 0 Å². The van der Waals surface area contributed by atoms with E-state index >= 15 is 0 Å². The summed E-state index contributed by atoms with van der Waals surface area (Å²) in [7, 11) is 0. The number of aryl methyl sites for hydroxylation is 1. The smallest absolute Gasteiger partial charge is 0.246 e. The second-order valence-corrected chi connectivity index (χ2v) is 6.28. The van der Waals surface area contributed by atoms with Crippen LogP contribution in [-0.4, -0.2) is 17.4 Å². The average molecular weight is 309 g/mol. The van der Waals surface area contributed by atoms with Gasteiger partial charge in [0.15, 0.2) is 0 Å². The third-order valence-corrected chi connectivity index (χ3v) is 4.38. The van der Waals surface area contributed by atoms with Crippen LogP contribution in [0.5, 0.6) is 0 Å². The van der Waals surface area contributed by atoms with Crippen LogP contribution in [0.4, 0.5) is 0 Å². The van der Waals surface area contributed by atoms with Crippen molar-refractivity contribution >= 4 is 12.0 Å². The van der Waals surface area contributed by atoms with Gasteiger partial charge in [-0.15, -0.1) is 0 Å². The lowest BCUT2D eigenvalue weighted by Crippen LogP contribution is -2.36. The SMILES string of the molecule is Cc1ccc(/C=C/C(=O)N(Cc2ccccc2)CC2CCC2)o1. The number of amides is 1. The fraction of sp³-hybridized carbons (Fsp3) is 0.350. The van der Waals surface area contributed by atoms with Crippen molar-refractivity contribution in [3.8, 4) is 0 Å². The number of rotatable bonds is 6. The molecule has 1 aliphatic rings. The summed E-state index contributed by atoms with van der Waals surface area (Å²) in [5.74, 6) is 2.28. The number of hydrogen-bond donors (Lipinski definition) is 0. The molecule has 3 heteroatoms. The van der Waals surface area contributed by atoms with Gasteiger partial charge in [-0.3, -0.25) is 4.79 Å². The van der Waals surface area contributed by atoms with E-state index in [1.165, 1.54) is 24.8 Å². The highest BCUT2D eigenvalue weighted by molar-refractivity contribution is 5.91. The lowest BCUT2D eigenvalue weighted by Gasteiger charge is -2.32. The standard InChI is InChI=1S/C20H23NO2/c1-16-10-11-19(23-16)12-13-20(22)21(15-18-8-5-9-18)14-17-6-3-2-4-7-17/h2-4,6-7,10-13,18H,5,8-9,14-15H2,1H3/b13-12+. The third kappa shape index (κ3) is 4.35. The highest BCUT2D eigenvalue weighted by Gasteiger charge is 2.22. The first-order valence-electron chi connectivity index (χ1n) is 8.28. The van der Waals surface area contributed by atoms with Crippen LogP contribution in [-0.2, 0) is 11.3 Å². The van der Waals surface area contributed by atoms with Gasteiger partial charge in [-0.1, -0.05) is 36.8 Å². The third-order valence-electron chi connectivity index (χ3n) is 4.38. The van der Waals surface area contributed by atoms with E-state index in [2.05, 4.69) is 12.1 Å². The second kappa shape index (κ2) is 7.32. The molecule has 1 amide bonds. The van der Waals surface area contributed by atoms with Crippen molar-refractivity contribution in [3.05, 3.63) is 65.6 Å². The summed E-state index contributed by atoms with van der Waals surface area (Å²) < 4.78 is 5.49. The van der Waals surface area contributed by atoms with Gasteiger partial charge in [0, 0.05) is 19.2 Å². The molecule has 1 aromatic heterocycles. The minimum absolute atomic E-state index is 0.0507. The molecular formula is C20H23NO2. The Morgan fingerprint density at radius 2 is 2.00 bits per heavy atom. The number of hydrogen-bond acceptors (Lipinski definition) is 2. The molecule has 1 saturated carbocycles. The maximum atomic E-state index is 12.6. The zero-order valence-corrected chi connectivity index (χ0v) is 13.6. The molecule has 0 bridgehead atoms. The lowest BCUT2D eigenvalue weighted by atomic mass is 9.85. The van der Waals surface area contributed by atoms with E-state index in [-0.39, 0.29) is 5.91 Å². The summed E-state index contributed by atoms with van der Waals surface area (Å²) in [6.07, 6.45) is 7.15. The Kier molecular flexibility index (Phi) is 4.96. The van der Waals surface area contributed by atoms with E-state index in [4.69, 9.17) is 4.42 Å². The molecule has 120 valence electrons. The quantitative estimate of drug-likeness (QED) is 0.740. The minimum Gasteiger partial charge on any atom is -0.462 e. The molecule has 1 aliphatic carbocycles. The van der Waals surface area contributed by atoms with Crippen LogP contribution in [0.25, 0.3) is 6.08 Å². The topological polar surface area (TPSA) is 33.5 Å². The van der Waals surface area contributed by atoms with Gasteiger partial charge in [0.25, 0.3) is 0 Å². The van der Waals surface area contributed by atoms with Crippen LogP contribution >= 0.6 is 0 Å². The predicted molar refractivity (Wildman–Crippen MR) is 91.7 cm³/mol. The van der Waals surface area contributed by atoms with Gasteiger partial charge in [-0.25, -0.2) is 0 Å². The van der Waals surface area contributed by atoms with Gasteiger partial charge in [0.2, 0.25) is 5.91 Å². The van der Waals surface area contributed by atoms with Gasteiger partial charge in [-0.05, 0) is 49.5 Å². The van der Waals surface area contributed by atoms with E-state index in [0.717, 1.165) is 18.1 Å². The molecule has 1 heterocycles. The van der Waals surface area contributed by atoms with Gasteiger partial charge in [0.05, 0.1) is 0 Å². The van der Waals surface area contributed by atoms with Crippen molar-refractivity contribution in [1.82, 2.24) is 4.90 Å². The van der Waals surface area contributed by atoms with Gasteiger partial charge in [-0.2, -0.15) is 0 Å². The molecule has 3 rings (SSSR count). The number of carbonyl (C=O) groups excluding carboxylic acids is 1. The fourth-order valence-corrected chi connectivity index (χ4v) is 2.83. The second-order valence-electron chi connectivity index (χ2n) is 6.28. The highest BCUT2D eigenvalue weighted by atomic mass is 16.3. The molecule has 0 N–H and O–H groups in total. The molecule has 0 unspecified atom stereocenters. The Hall–Kier alpha value is -2.29. The summed E-state index contributed by atoms with van der Waals surface area (Å²) >= 11 is 0. The van der Waals surface area contributed by atoms with Gasteiger partial charge < -0.3 is 9.32 Å². The van der Waals surface area contributed by atoms with Gasteiger partial charge in [0.1, 0.15) is 11.5 Å². The highest BCUT2D eigenvalue weighted by Crippen LogP contribution is 2.27. The van der Waals surface area contributed by atoms with Crippen molar-refractivity contribution in [1.29, 1.82) is 0 Å². The zero-order chi connectivity index (χ0) is 16.1. The zero-order valence-electron chi connectivity index (χ0n) is 13.6. The molecule has 23 heavy (non-hydrogen) atoms. The lowest BCUT2D eigenvalue weighted by molar-refractivity contribution is -0.127. The first kappa shape index (κ1) is 15.6. The fourth-order valence-electron chi connectivity index (χ4n) is 2.83. The van der Waals surface area contributed by atoms with Crippen molar-refractivity contribution in [2.24, 2.45) is 5.92 Å².